The maximum Gasteiger partial charge on any atom is 0.472 e. The smallest absolute Gasteiger partial charge is 0.387 e. The molecular weight excluding hydrogens is 417 g/mol. The fourth-order valence-electron chi connectivity index (χ4n) is 2.05. The zero-order valence-corrected chi connectivity index (χ0v) is 14.9. The van der Waals surface area contributed by atoms with E-state index in [0.717, 1.165) is 7.11 Å². The molecule has 15 nitrogen and oxygen atoms in total. The van der Waals surface area contributed by atoms with Crippen LogP contribution < -0.4 is 0 Å². The third kappa shape index (κ3) is 6.70. The van der Waals surface area contributed by atoms with Gasteiger partial charge in [0.1, 0.15) is 36.6 Å². The van der Waals surface area contributed by atoms with Crippen LogP contribution in [0.1, 0.15) is 0 Å². The molecule has 0 heterocycles. The number of phosphoric ester groups is 3. The van der Waals surface area contributed by atoms with E-state index in [-0.39, 0.29) is 0 Å². The number of rotatable bonds is 7. The van der Waals surface area contributed by atoms with Gasteiger partial charge in [-0.25, -0.2) is 13.7 Å². The van der Waals surface area contributed by atoms with E-state index in [0.29, 0.717) is 0 Å². The van der Waals surface area contributed by atoms with E-state index in [2.05, 4.69) is 18.1 Å². The van der Waals surface area contributed by atoms with Crippen molar-refractivity contribution < 1.29 is 71.6 Å². The molecule has 0 aliphatic heterocycles. The third-order valence-electron chi connectivity index (χ3n) is 3.02. The van der Waals surface area contributed by atoms with E-state index >= 15 is 0 Å². The van der Waals surface area contributed by atoms with Crippen molar-refractivity contribution in [3.05, 3.63) is 0 Å². The molecule has 0 aromatic heterocycles. The molecule has 8 N–H and O–H groups in total. The van der Waals surface area contributed by atoms with E-state index in [1.54, 1.807) is 0 Å². The lowest BCUT2D eigenvalue weighted by molar-refractivity contribution is -0.212. The Morgan fingerprint density at radius 2 is 1.00 bits per heavy atom. The molecule has 0 radical (unpaired) electrons. The molecule has 0 aromatic rings. The minimum Gasteiger partial charge on any atom is -0.387 e. The Kier molecular flexibility index (Phi) is 7.50. The fraction of sp³-hybridized carbons (Fsp3) is 1.00. The molecule has 25 heavy (non-hydrogen) atoms. The molecule has 0 amide bonds. The molecule has 1 aliphatic carbocycles. The van der Waals surface area contributed by atoms with E-state index in [1.165, 1.54) is 0 Å². The van der Waals surface area contributed by atoms with Crippen molar-refractivity contribution in [1.29, 1.82) is 0 Å². The third-order valence-corrected chi connectivity index (χ3v) is 5.03. The van der Waals surface area contributed by atoms with Crippen LogP contribution in [0.25, 0.3) is 0 Å². The Bertz CT molecular complexity index is 596. The lowest BCUT2D eigenvalue weighted by atomic mass is 9.85. The first kappa shape index (κ1) is 23.2. The molecule has 0 bridgehead atoms. The van der Waals surface area contributed by atoms with Crippen molar-refractivity contribution in [3.63, 3.8) is 0 Å². The molecule has 150 valence electrons. The molecule has 1 aliphatic rings. The summed E-state index contributed by atoms with van der Waals surface area (Å²) in [6.07, 6.45) is -13.9. The molecule has 0 aromatic carbocycles. The zero-order valence-electron chi connectivity index (χ0n) is 12.2. The van der Waals surface area contributed by atoms with Gasteiger partial charge in [-0.2, -0.15) is 0 Å². The van der Waals surface area contributed by atoms with Crippen molar-refractivity contribution in [2.45, 2.75) is 36.6 Å². The van der Waals surface area contributed by atoms with Crippen LogP contribution in [0.15, 0.2) is 0 Å². The quantitative estimate of drug-likeness (QED) is 0.188. The van der Waals surface area contributed by atoms with Gasteiger partial charge in [-0.1, -0.05) is 0 Å². The van der Waals surface area contributed by atoms with E-state index < -0.39 is 60.1 Å². The largest absolute Gasteiger partial charge is 0.472 e. The Labute approximate surface area is 139 Å². The molecule has 1 saturated carbocycles. The maximum atomic E-state index is 11.4. The first-order chi connectivity index (χ1) is 11.1. The summed E-state index contributed by atoms with van der Waals surface area (Å²) < 4.78 is 50.0. The highest BCUT2D eigenvalue weighted by atomic mass is 31.2. The van der Waals surface area contributed by atoms with Crippen molar-refractivity contribution in [2.24, 2.45) is 0 Å². The summed E-state index contributed by atoms with van der Waals surface area (Å²) in [5.74, 6) is 0. The van der Waals surface area contributed by atoms with Gasteiger partial charge in [0.2, 0.25) is 0 Å². The minimum atomic E-state index is -5.41. The standard InChI is InChI=1S/C7H17O15P3/c1-19-25(17,18)22-5-2(8)3(9)6(20-23(11,12)13)7(4(5)10)21-24(14,15)16/h2-10H,1H3,(H,17,18)(H2,11,12,13)(H2,14,15,16). The molecule has 7 atom stereocenters. The van der Waals surface area contributed by atoms with Gasteiger partial charge < -0.3 is 39.8 Å². The Hall–Kier alpha value is 0.210. The van der Waals surface area contributed by atoms with Crippen molar-refractivity contribution in [3.8, 4) is 0 Å². The average molecular weight is 434 g/mol. The second-order valence-corrected chi connectivity index (χ2v) is 8.71. The summed E-state index contributed by atoms with van der Waals surface area (Å²) in [4.78, 5) is 44.5. The SMILES string of the molecule is COP(=O)(O)OC1C(O)C(O)C(OP(=O)(O)O)C(OP(=O)(O)O)C1O. The van der Waals surface area contributed by atoms with Gasteiger partial charge in [0.25, 0.3) is 0 Å². The van der Waals surface area contributed by atoms with E-state index in [9.17, 15) is 33.9 Å². The molecular formula is C7H17O15P3. The minimum absolute atomic E-state index is 0.724. The van der Waals surface area contributed by atoms with Crippen molar-refractivity contribution in [1.82, 2.24) is 0 Å². The summed E-state index contributed by atoms with van der Waals surface area (Å²) in [5, 5.41) is 29.7. The summed E-state index contributed by atoms with van der Waals surface area (Å²) in [7, 11) is -14.9. The van der Waals surface area contributed by atoms with Crippen LogP contribution in [0.3, 0.4) is 0 Å². The predicted octanol–water partition coefficient (Wildman–Crippen LogP) is -2.83. The van der Waals surface area contributed by atoms with Crippen molar-refractivity contribution >= 4 is 23.5 Å². The lowest BCUT2D eigenvalue weighted by Gasteiger charge is -2.44. The normalized spacial score (nSPS) is 36.8. The first-order valence-electron chi connectivity index (χ1n) is 6.17. The zero-order chi connectivity index (χ0) is 19.8. The first-order valence-corrected chi connectivity index (χ1v) is 10.7. The van der Waals surface area contributed by atoms with Gasteiger partial charge in [-0.15, -0.1) is 0 Å². The van der Waals surface area contributed by atoms with Crippen LogP contribution in [0, 0.1) is 0 Å². The van der Waals surface area contributed by atoms with Gasteiger partial charge in [0, 0.05) is 7.11 Å². The van der Waals surface area contributed by atoms with E-state index in [1.807, 2.05) is 0 Å². The van der Waals surface area contributed by atoms with Gasteiger partial charge in [0.05, 0.1) is 0 Å². The van der Waals surface area contributed by atoms with Crippen LogP contribution in [0.4, 0.5) is 0 Å². The maximum absolute atomic E-state index is 11.4. The number of aliphatic hydroxyl groups excluding tert-OH is 3. The predicted molar refractivity (Wildman–Crippen MR) is 73.6 cm³/mol. The fourth-order valence-corrected chi connectivity index (χ4v) is 3.82. The molecule has 18 heteroatoms. The van der Waals surface area contributed by atoms with Gasteiger partial charge in [0.15, 0.2) is 0 Å². The van der Waals surface area contributed by atoms with E-state index in [4.69, 9.17) is 19.6 Å². The van der Waals surface area contributed by atoms with Crippen LogP contribution >= 0.6 is 23.5 Å². The average Bonchev–Trinajstić information content (AvgIpc) is 2.43. The van der Waals surface area contributed by atoms with Crippen LogP contribution in [0.5, 0.6) is 0 Å². The van der Waals surface area contributed by atoms with Gasteiger partial charge >= 0.3 is 23.5 Å². The Morgan fingerprint density at radius 3 is 1.36 bits per heavy atom. The van der Waals surface area contributed by atoms with Crippen molar-refractivity contribution in [2.75, 3.05) is 7.11 Å². The lowest BCUT2D eigenvalue weighted by Crippen LogP contribution is -2.65. The summed E-state index contributed by atoms with van der Waals surface area (Å²) in [6, 6.07) is 0. The van der Waals surface area contributed by atoms with Gasteiger partial charge in [-0.05, 0) is 0 Å². The highest BCUT2D eigenvalue weighted by Crippen LogP contribution is 2.50. The summed E-state index contributed by atoms with van der Waals surface area (Å²) >= 11 is 0. The van der Waals surface area contributed by atoms with Crippen LogP contribution in [0.2, 0.25) is 0 Å². The monoisotopic (exact) mass is 434 g/mol. The summed E-state index contributed by atoms with van der Waals surface area (Å²) in [6.45, 7) is 0. The molecule has 0 saturated heterocycles. The van der Waals surface area contributed by atoms with Gasteiger partial charge in [-0.3, -0.25) is 18.1 Å². The molecule has 7 unspecified atom stereocenters. The number of hydrogen-bond acceptors (Lipinski definition) is 10. The second kappa shape index (κ2) is 8.07. The van der Waals surface area contributed by atoms with Crippen LogP contribution in [-0.2, 0) is 31.8 Å². The molecule has 0 spiro atoms. The highest BCUT2D eigenvalue weighted by molar-refractivity contribution is 7.47. The summed E-state index contributed by atoms with van der Waals surface area (Å²) in [5.41, 5.74) is 0. The molecule has 1 rings (SSSR count). The Balaban J connectivity index is 3.24. The number of phosphoric acid groups is 3. The topological polar surface area (TPSA) is 250 Å². The number of aliphatic hydroxyl groups is 3. The number of hydrogen-bond donors (Lipinski definition) is 8. The molecule has 1 fully saturated rings. The van der Waals surface area contributed by atoms with Crippen LogP contribution in [-0.4, -0.2) is 83.5 Å². The second-order valence-electron chi connectivity index (χ2n) is 4.81. The Morgan fingerprint density at radius 1 is 0.640 bits per heavy atom. The highest BCUT2D eigenvalue weighted by Gasteiger charge is 2.56.